The fourth-order valence-electron chi connectivity index (χ4n) is 2.88. The molecule has 3 unspecified atom stereocenters. The van der Waals surface area contributed by atoms with E-state index in [0.717, 1.165) is 25.4 Å². The SMILES string of the molecule is CC(=O)N1CCC(NC2CCCC2C)C1. The minimum atomic E-state index is 0.221. The Labute approximate surface area is 92.2 Å². The molecule has 2 fully saturated rings. The first kappa shape index (κ1) is 10.9. The first-order valence-corrected chi connectivity index (χ1v) is 6.18. The van der Waals surface area contributed by atoms with Crippen LogP contribution in [0.5, 0.6) is 0 Å². The van der Waals surface area contributed by atoms with Crippen LogP contribution in [0.2, 0.25) is 0 Å². The maximum atomic E-state index is 11.2. The Hall–Kier alpha value is -0.570. The van der Waals surface area contributed by atoms with Gasteiger partial charge in [-0.2, -0.15) is 0 Å². The lowest BCUT2D eigenvalue weighted by atomic mass is 10.1. The van der Waals surface area contributed by atoms with Crippen LogP contribution >= 0.6 is 0 Å². The molecule has 2 aliphatic rings. The molecule has 1 saturated heterocycles. The van der Waals surface area contributed by atoms with Crippen LogP contribution in [0, 0.1) is 5.92 Å². The van der Waals surface area contributed by atoms with Crippen molar-refractivity contribution in [3.8, 4) is 0 Å². The van der Waals surface area contributed by atoms with E-state index in [9.17, 15) is 4.79 Å². The van der Waals surface area contributed by atoms with E-state index in [1.165, 1.54) is 19.3 Å². The molecule has 1 saturated carbocycles. The average molecular weight is 210 g/mol. The van der Waals surface area contributed by atoms with E-state index in [1.54, 1.807) is 6.92 Å². The van der Waals surface area contributed by atoms with E-state index in [1.807, 2.05) is 4.90 Å². The van der Waals surface area contributed by atoms with Crippen LogP contribution in [-0.2, 0) is 4.79 Å². The molecular formula is C12H22N2O. The summed E-state index contributed by atoms with van der Waals surface area (Å²) >= 11 is 0. The van der Waals surface area contributed by atoms with Crippen LogP contribution in [0.1, 0.15) is 39.5 Å². The summed E-state index contributed by atoms with van der Waals surface area (Å²) in [6, 6.07) is 1.24. The first-order chi connectivity index (χ1) is 7.16. The molecule has 0 aromatic heterocycles. The normalized spacial score (nSPS) is 36.1. The summed E-state index contributed by atoms with van der Waals surface area (Å²) in [5, 5.41) is 3.72. The molecule has 86 valence electrons. The van der Waals surface area contributed by atoms with Crippen molar-refractivity contribution < 1.29 is 4.79 Å². The molecule has 3 nitrogen and oxygen atoms in total. The molecule has 1 aliphatic heterocycles. The van der Waals surface area contributed by atoms with Crippen molar-refractivity contribution in [1.82, 2.24) is 10.2 Å². The van der Waals surface area contributed by atoms with Crippen molar-refractivity contribution in [3.63, 3.8) is 0 Å². The van der Waals surface area contributed by atoms with Crippen LogP contribution in [0.4, 0.5) is 0 Å². The lowest BCUT2D eigenvalue weighted by Gasteiger charge is -2.22. The molecule has 1 N–H and O–H groups in total. The van der Waals surface area contributed by atoms with Crippen LogP contribution in [0.25, 0.3) is 0 Å². The Morgan fingerprint density at radius 1 is 1.33 bits per heavy atom. The Morgan fingerprint density at radius 3 is 2.67 bits per heavy atom. The van der Waals surface area contributed by atoms with Crippen molar-refractivity contribution >= 4 is 5.91 Å². The summed E-state index contributed by atoms with van der Waals surface area (Å²) in [6.07, 6.45) is 5.17. The Kier molecular flexibility index (Phi) is 3.29. The molecule has 0 radical (unpaired) electrons. The van der Waals surface area contributed by atoms with Gasteiger partial charge in [0.1, 0.15) is 0 Å². The van der Waals surface area contributed by atoms with Crippen molar-refractivity contribution in [1.29, 1.82) is 0 Å². The zero-order valence-corrected chi connectivity index (χ0v) is 9.83. The number of carbonyl (C=O) groups excluding carboxylic acids is 1. The second-order valence-electron chi connectivity index (χ2n) is 5.13. The predicted octanol–water partition coefficient (Wildman–Crippen LogP) is 1.39. The lowest BCUT2D eigenvalue weighted by molar-refractivity contribution is -0.127. The number of likely N-dealkylation sites (tertiary alicyclic amines) is 1. The van der Waals surface area contributed by atoms with Gasteiger partial charge < -0.3 is 10.2 Å². The first-order valence-electron chi connectivity index (χ1n) is 6.18. The van der Waals surface area contributed by atoms with Crippen molar-refractivity contribution in [3.05, 3.63) is 0 Å². The third-order valence-electron chi connectivity index (χ3n) is 3.94. The highest BCUT2D eigenvalue weighted by molar-refractivity contribution is 5.73. The Bertz CT molecular complexity index is 242. The quantitative estimate of drug-likeness (QED) is 0.747. The van der Waals surface area contributed by atoms with Gasteiger partial charge in [0.15, 0.2) is 0 Å². The molecule has 3 atom stereocenters. The van der Waals surface area contributed by atoms with Gasteiger partial charge in [-0.3, -0.25) is 4.79 Å². The number of carbonyl (C=O) groups is 1. The number of nitrogens with zero attached hydrogens (tertiary/aromatic N) is 1. The van der Waals surface area contributed by atoms with Gasteiger partial charge in [-0.05, 0) is 25.2 Å². The largest absolute Gasteiger partial charge is 0.341 e. The number of hydrogen-bond acceptors (Lipinski definition) is 2. The maximum Gasteiger partial charge on any atom is 0.219 e. The Morgan fingerprint density at radius 2 is 2.13 bits per heavy atom. The van der Waals surface area contributed by atoms with Gasteiger partial charge in [-0.15, -0.1) is 0 Å². The van der Waals surface area contributed by atoms with Gasteiger partial charge in [-0.25, -0.2) is 0 Å². The molecule has 15 heavy (non-hydrogen) atoms. The van der Waals surface area contributed by atoms with Gasteiger partial charge in [0.05, 0.1) is 0 Å². The molecule has 0 bridgehead atoms. The number of amides is 1. The fourth-order valence-corrected chi connectivity index (χ4v) is 2.88. The number of hydrogen-bond donors (Lipinski definition) is 1. The van der Waals surface area contributed by atoms with E-state index < -0.39 is 0 Å². The topological polar surface area (TPSA) is 32.3 Å². The van der Waals surface area contributed by atoms with Gasteiger partial charge in [-0.1, -0.05) is 13.3 Å². The summed E-state index contributed by atoms with van der Waals surface area (Å²) < 4.78 is 0. The average Bonchev–Trinajstić information content (AvgIpc) is 2.77. The van der Waals surface area contributed by atoms with Gasteiger partial charge in [0, 0.05) is 32.1 Å². The van der Waals surface area contributed by atoms with E-state index >= 15 is 0 Å². The molecule has 3 heteroatoms. The summed E-state index contributed by atoms with van der Waals surface area (Å²) in [4.78, 5) is 13.1. The van der Waals surface area contributed by atoms with Gasteiger partial charge >= 0.3 is 0 Å². The second-order valence-corrected chi connectivity index (χ2v) is 5.13. The van der Waals surface area contributed by atoms with Crippen molar-refractivity contribution in [2.24, 2.45) is 5.92 Å². The highest BCUT2D eigenvalue weighted by Gasteiger charge is 2.29. The maximum absolute atomic E-state index is 11.2. The van der Waals surface area contributed by atoms with E-state index in [0.29, 0.717) is 12.1 Å². The van der Waals surface area contributed by atoms with E-state index in [2.05, 4.69) is 12.2 Å². The lowest BCUT2D eigenvalue weighted by Crippen LogP contribution is -2.41. The smallest absolute Gasteiger partial charge is 0.219 e. The minimum Gasteiger partial charge on any atom is -0.341 e. The molecule has 2 rings (SSSR count). The number of nitrogens with one attached hydrogen (secondary N) is 1. The predicted molar refractivity (Wildman–Crippen MR) is 60.6 cm³/mol. The molecule has 1 amide bonds. The molecule has 0 spiro atoms. The van der Waals surface area contributed by atoms with E-state index in [-0.39, 0.29) is 5.91 Å². The monoisotopic (exact) mass is 210 g/mol. The molecular weight excluding hydrogens is 188 g/mol. The standard InChI is InChI=1S/C12H22N2O/c1-9-4-3-5-12(9)13-11-6-7-14(8-11)10(2)15/h9,11-13H,3-8H2,1-2H3. The van der Waals surface area contributed by atoms with Crippen LogP contribution < -0.4 is 5.32 Å². The third kappa shape index (κ3) is 2.51. The highest BCUT2D eigenvalue weighted by Crippen LogP contribution is 2.26. The van der Waals surface area contributed by atoms with Crippen LogP contribution in [0.3, 0.4) is 0 Å². The van der Waals surface area contributed by atoms with Crippen molar-refractivity contribution in [2.75, 3.05) is 13.1 Å². The minimum absolute atomic E-state index is 0.221. The van der Waals surface area contributed by atoms with Crippen LogP contribution in [-0.4, -0.2) is 36.0 Å². The fraction of sp³-hybridized carbons (Fsp3) is 0.917. The summed E-state index contributed by atoms with van der Waals surface area (Å²) in [5.74, 6) is 1.04. The molecule has 1 aliphatic carbocycles. The summed E-state index contributed by atoms with van der Waals surface area (Å²) in [6.45, 7) is 5.86. The summed E-state index contributed by atoms with van der Waals surface area (Å²) in [7, 11) is 0. The molecule has 1 heterocycles. The molecule has 0 aromatic rings. The van der Waals surface area contributed by atoms with Crippen molar-refractivity contribution in [2.45, 2.75) is 51.6 Å². The molecule has 0 aromatic carbocycles. The van der Waals surface area contributed by atoms with Gasteiger partial charge in [0.25, 0.3) is 0 Å². The zero-order valence-electron chi connectivity index (χ0n) is 9.83. The Balaban J connectivity index is 1.79. The number of rotatable bonds is 2. The van der Waals surface area contributed by atoms with Crippen LogP contribution in [0.15, 0.2) is 0 Å². The van der Waals surface area contributed by atoms with Gasteiger partial charge in [0.2, 0.25) is 5.91 Å². The third-order valence-corrected chi connectivity index (χ3v) is 3.94. The van der Waals surface area contributed by atoms with E-state index in [4.69, 9.17) is 0 Å². The second kappa shape index (κ2) is 4.52. The summed E-state index contributed by atoms with van der Waals surface area (Å²) in [5.41, 5.74) is 0. The highest BCUT2D eigenvalue weighted by atomic mass is 16.2. The zero-order chi connectivity index (χ0) is 10.8.